The summed E-state index contributed by atoms with van der Waals surface area (Å²) in [4.78, 5) is 28.2. The van der Waals surface area contributed by atoms with E-state index in [4.69, 9.17) is 6.42 Å². The number of benzene rings is 1. The summed E-state index contributed by atoms with van der Waals surface area (Å²) in [7, 11) is 0. The van der Waals surface area contributed by atoms with Crippen LogP contribution in [0.25, 0.3) is 10.2 Å². The summed E-state index contributed by atoms with van der Waals surface area (Å²) < 4.78 is 2.74. The minimum atomic E-state index is -0.550. The highest BCUT2D eigenvalue weighted by atomic mass is 32.1. The van der Waals surface area contributed by atoms with E-state index in [1.165, 1.54) is 18.3 Å². The van der Waals surface area contributed by atoms with E-state index in [-0.39, 0.29) is 11.8 Å². The summed E-state index contributed by atoms with van der Waals surface area (Å²) in [6, 6.07) is 5.53. The quantitative estimate of drug-likeness (QED) is 0.861. The predicted molar refractivity (Wildman–Crippen MR) is 93.0 cm³/mol. The van der Waals surface area contributed by atoms with Crippen molar-refractivity contribution in [1.82, 2.24) is 4.57 Å². The Kier molecular flexibility index (Phi) is 4.71. The number of amides is 2. The molecule has 1 aromatic heterocycles. The molecule has 0 spiro atoms. The summed E-state index contributed by atoms with van der Waals surface area (Å²) >= 11 is 1.38. The standard InChI is InChI=1S/C17H19N3O2S/c1-6-9-20-13-8-7-12(18-11(2)21)10-14(13)23-16(20)19-15(22)17(3,4)5/h1,7-8,10H,9H2,2-5H3,(H,18,21). The minimum Gasteiger partial charge on any atom is -0.326 e. The van der Waals surface area contributed by atoms with Crippen molar-refractivity contribution in [2.24, 2.45) is 10.4 Å². The highest BCUT2D eigenvalue weighted by Gasteiger charge is 2.21. The molecule has 1 N–H and O–H groups in total. The second kappa shape index (κ2) is 6.39. The molecule has 0 aliphatic carbocycles. The Labute approximate surface area is 139 Å². The van der Waals surface area contributed by atoms with E-state index >= 15 is 0 Å². The molecular weight excluding hydrogens is 310 g/mol. The highest BCUT2D eigenvalue weighted by molar-refractivity contribution is 7.16. The van der Waals surface area contributed by atoms with Crippen molar-refractivity contribution < 1.29 is 9.59 Å². The summed E-state index contributed by atoms with van der Waals surface area (Å²) in [5, 5.41) is 2.74. The molecule has 23 heavy (non-hydrogen) atoms. The molecule has 0 unspecified atom stereocenters. The molecule has 1 heterocycles. The van der Waals surface area contributed by atoms with Crippen LogP contribution < -0.4 is 10.1 Å². The van der Waals surface area contributed by atoms with Crippen molar-refractivity contribution in [3.63, 3.8) is 0 Å². The van der Waals surface area contributed by atoms with Gasteiger partial charge in [-0.3, -0.25) is 9.59 Å². The van der Waals surface area contributed by atoms with Gasteiger partial charge in [-0.1, -0.05) is 38.0 Å². The topological polar surface area (TPSA) is 63.5 Å². The molecular formula is C17H19N3O2S. The van der Waals surface area contributed by atoms with Gasteiger partial charge >= 0.3 is 0 Å². The molecule has 6 heteroatoms. The number of nitrogens with zero attached hydrogens (tertiary/aromatic N) is 2. The van der Waals surface area contributed by atoms with Gasteiger partial charge in [0.2, 0.25) is 5.91 Å². The first-order valence-corrected chi connectivity index (χ1v) is 7.97. The van der Waals surface area contributed by atoms with Gasteiger partial charge in [-0.15, -0.1) is 6.42 Å². The zero-order valence-electron chi connectivity index (χ0n) is 13.6. The summed E-state index contributed by atoms with van der Waals surface area (Å²) in [6.07, 6.45) is 5.44. The van der Waals surface area contributed by atoms with Crippen LogP contribution in [0.2, 0.25) is 0 Å². The number of rotatable bonds is 2. The summed E-state index contributed by atoms with van der Waals surface area (Å²) in [5.74, 6) is 2.26. The fourth-order valence-electron chi connectivity index (χ4n) is 1.94. The molecule has 2 aromatic rings. The lowest BCUT2D eigenvalue weighted by Crippen LogP contribution is -2.23. The van der Waals surface area contributed by atoms with Crippen LogP contribution in [-0.4, -0.2) is 16.4 Å². The maximum atomic E-state index is 12.2. The molecule has 0 saturated carbocycles. The smallest absolute Gasteiger partial charge is 0.253 e. The van der Waals surface area contributed by atoms with Crippen LogP contribution in [0.15, 0.2) is 23.2 Å². The first-order chi connectivity index (χ1) is 10.7. The van der Waals surface area contributed by atoms with Crippen LogP contribution in [0.1, 0.15) is 27.7 Å². The third-order valence-corrected chi connectivity index (χ3v) is 4.13. The molecule has 2 amide bonds. The van der Waals surface area contributed by atoms with Crippen molar-refractivity contribution in [2.45, 2.75) is 34.2 Å². The number of thiazole rings is 1. The minimum absolute atomic E-state index is 0.134. The Morgan fingerprint density at radius 1 is 1.39 bits per heavy atom. The van der Waals surface area contributed by atoms with E-state index in [2.05, 4.69) is 16.2 Å². The Morgan fingerprint density at radius 2 is 2.09 bits per heavy atom. The molecule has 0 aliphatic heterocycles. The second-order valence-electron chi connectivity index (χ2n) is 6.21. The van der Waals surface area contributed by atoms with E-state index in [0.29, 0.717) is 17.0 Å². The van der Waals surface area contributed by atoms with Gasteiger partial charge < -0.3 is 9.88 Å². The number of hydrogen-bond donors (Lipinski definition) is 1. The number of anilines is 1. The first kappa shape index (κ1) is 17.0. The third-order valence-electron chi connectivity index (χ3n) is 3.09. The zero-order valence-corrected chi connectivity index (χ0v) is 14.5. The molecule has 0 saturated heterocycles. The fourth-order valence-corrected chi connectivity index (χ4v) is 3.01. The number of nitrogens with one attached hydrogen (secondary N) is 1. The van der Waals surface area contributed by atoms with Crippen LogP contribution in [0.4, 0.5) is 5.69 Å². The number of carbonyl (C=O) groups is 2. The van der Waals surface area contributed by atoms with E-state index in [1.807, 2.05) is 37.5 Å². The van der Waals surface area contributed by atoms with Crippen molar-refractivity contribution in [2.75, 3.05) is 5.32 Å². The summed E-state index contributed by atoms with van der Waals surface area (Å²) in [6.45, 7) is 7.27. The van der Waals surface area contributed by atoms with Gasteiger partial charge in [0.25, 0.3) is 5.91 Å². The summed E-state index contributed by atoms with van der Waals surface area (Å²) in [5.41, 5.74) is 1.04. The number of carbonyl (C=O) groups excluding carboxylic acids is 2. The van der Waals surface area contributed by atoms with Crippen LogP contribution in [-0.2, 0) is 16.1 Å². The van der Waals surface area contributed by atoms with Gasteiger partial charge in [0.05, 0.1) is 16.8 Å². The lowest BCUT2D eigenvalue weighted by molar-refractivity contribution is -0.125. The van der Waals surface area contributed by atoms with E-state index in [9.17, 15) is 9.59 Å². The molecule has 5 nitrogen and oxygen atoms in total. The van der Waals surface area contributed by atoms with Crippen molar-refractivity contribution in [1.29, 1.82) is 0 Å². The Balaban J connectivity index is 2.63. The van der Waals surface area contributed by atoms with Crippen LogP contribution >= 0.6 is 11.3 Å². The van der Waals surface area contributed by atoms with E-state index in [1.54, 1.807) is 6.07 Å². The molecule has 2 rings (SSSR count). The molecule has 120 valence electrons. The lowest BCUT2D eigenvalue weighted by Gasteiger charge is -2.11. The average Bonchev–Trinajstić information content (AvgIpc) is 2.75. The van der Waals surface area contributed by atoms with Gasteiger partial charge in [0, 0.05) is 18.0 Å². The van der Waals surface area contributed by atoms with E-state index in [0.717, 1.165) is 10.2 Å². The Bertz CT molecular complexity index is 876. The molecule has 1 aromatic carbocycles. The SMILES string of the molecule is C#CCn1c(=NC(=O)C(C)(C)C)sc2cc(NC(C)=O)ccc21. The van der Waals surface area contributed by atoms with Crippen LogP contribution in [0, 0.1) is 17.8 Å². The van der Waals surface area contributed by atoms with Gasteiger partial charge in [0.15, 0.2) is 4.80 Å². The molecule has 0 atom stereocenters. The van der Waals surface area contributed by atoms with Crippen LogP contribution in [0.3, 0.4) is 0 Å². The fraction of sp³-hybridized carbons (Fsp3) is 0.353. The zero-order chi connectivity index (χ0) is 17.2. The number of fused-ring (bicyclic) bond motifs is 1. The van der Waals surface area contributed by atoms with Crippen molar-refractivity contribution in [3.8, 4) is 12.3 Å². The lowest BCUT2D eigenvalue weighted by atomic mass is 9.96. The monoisotopic (exact) mass is 329 g/mol. The van der Waals surface area contributed by atoms with Crippen molar-refractivity contribution in [3.05, 3.63) is 23.0 Å². The second-order valence-corrected chi connectivity index (χ2v) is 7.21. The third kappa shape index (κ3) is 3.88. The van der Waals surface area contributed by atoms with Crippen LogP contribution in [0.5, 0.6) is 0 Å². The average molecular weight is 329 g/mol. The molecule has 0 aliphatic rings. The molecule has 0 radical (unpaired) electrons. The normalized spacial score (nSPS) is 12.2. The van der Waals surface area contributed by atoms with Gasteiger partial charge in [-0.05, 0) is 18.2 Å². The number of terminal acetylenes is 1. The van der Waals surface area contributed by atoms with Gasteiger partial charge in [-0.25, -0.2) is 0 Å². The number of aromatic nitrogens is 1. The number of hydrogen-bond acceptors (Lipinski definition) is 3. The Hall–Kier alpha value is -2.39. The highest BCUT2D eigenvalue weighted by Crippen LogP contribution is 2.22. The molecule has 0 bridgehead atoms. The van der Waals surface area contributed by atoms with Gasteiger partial charge in [0.1, 0.15) is 0 Å². The van der Waals surface area contributed by atoms with Crippen molar-refractivity contribution >= 4 is 39.1 Å². The molecule has 0 fully saturated rings. The van der Waals surface area contributed by atoms with Gasteiger partial charge in [-0.2, -0.15) is 4.99 Å². The maximum absolute atomic E-state index is 12.2. The Morgan fingerprint density at radius 3 is 2.65 bits per heavy atom. The predicted octanol–water partition coefficient (Wildman–Crippen LogP) is 2.77. The largest absolute Gasteiger partial charge is 0.326 e. The maximum Gasteiger partial charge on any atom is 0.253 e. The first-order valence-electron chi connectivity index (χ1n) is 7.16. The van der Waals surface area contributed by atoms with E-state index < -0.39 is 5.41 Å².